The fraction of sp³-hybridized carbons (Fsp3) is 0.423. The van der Waals surface area contributed by atoms with Crippen molar-refractivity contribution in [3.8, 4) is 11.1 Å². The number of ether oxygens (including phenoxy) is 1. The van der Waals surface area contributed by atoms with Gasteiger partial charge >= 0.3 is 12.1 Å². The van der Waals surface area contributed by atoms with E-state index >= 15 is 0 Å². The number of amides is 2. The van der Waals surface area contributed by atoms with Gasteiger partial charge in [0.05, 0.1) is 6.42 Å². The number of hydrogen-bond donors (Lipinski definition) is 3. The summed E-state index contributed by atoms with van der Waals surface area (Å²) in [6.45, 7) is 0.854. The van der Waals surface area contributed by atoms with Crippen molar-refractivity contribution >= 4 is 18.0 Å². The summed E-state index contributed by atoms with van der Waals surface area (Å²) in [6.07, 6.45) is 1.10. The number of aliphatic hydroxyl groups is 1. The molecule has 8 nitrogen and oxygen atoms in total. The average molecular weight is 467 g/mol. The molecule has 1 heterocycles. The van der Waals surface area contributed by atoms with Crippen molar-refractivity contribution in [2.24, 2.45) is 5.92 Å². The fourth-order valence-electron chi connectivity index (χ4n) is 4.96. The number of likely N-dealkylation sites (tertiary alicyclic amines) is 1. The van der Waals surface area contributed by atoms with Gasteiger partial charge in [0.25, 0.3) is 0 Å². The third-order valence-electron chi connectivity index (χ3n) is 6.65. The molecule has 2 aliphatic rings. The van der Waals surface area contributed by atoms with E-state index in [4.69, 9.17) is 4.74 Å². The average Bonchev–Trinajstić information content (AvgIpc) is 2.97. The van der Waals surface area contributed by atoms with Crippen LogP contribution in [0.2, 0.25) is 0 Å². The molecule has 1 saturated heterocycles. The summed E-state index contributed by atoms with van der Waals surface area (Å²) in [5.41, 5.74) is 4.33. The summed E-state index contributed by atoms with van der Waals surface area (Å²) in [7, 11) is 0. The molecule has 1 fully saturated rings. The number of nitrogens with zero attached hydrogens (tertiary/aromatic N) is 1. The van der Waals surface area contributed by atoms with Gasteiger partial charge in [0.1, 0.15) is 12.6 Å². The van der Waals surface area contributed by atoms with Gasteiger partial charge in [0.15, 0.2) is 0 Å². The number of carboxylic acid groups (broad SMARTS) is 1. The third kappa shape index (κ3) is 5.22. The highest BCUT2D eigenvalue weighted by Gasteiger charge is 2.32. The molecule has 0 bridgehead atoms. The number of nitrogens with one attached hydrogen (secondary N) is 1. The van der Waals surface area contributed by atoms with Gasteiger partial charge in [0, 0.05) is 25.6 Å². The number of carbonyl (C=O) groups excluding carboxylic acids is 2. The first-order valence-corrected chi connectivity index (χ1v) is 11.7. The van der Waals surface area contributed by atoms with Gasteiger partial charge in [-0.25, -0.2) is 4.79 Å². The Hall–Kier alpha value is -3.39. The maximum Gasteiger partial charge on any atom is 0.407 e. The molecule has 2 amide bonds. The van der Waals surface area contributed by atoms with Crippen LogP contribution in [0.25, 0.3) is 11.1 Å². The first kappa shape index (κ1) is 23.8. The van der Waals surface area contributed by atoms with Crippen LogP contribution in [-0.4, -0.2) is 65.4 Å². The summed E-state index contributed by atoms with van der Waals surface area (Å²) >= 11 is 0. The Bertz CT molecular complexity index is 1010. The van der Waals surface area contributed by atoms with E-state index in [-0.39, 0.29) is 25.0 Å². The van der Waals surface area contributed by atoms with Crippen LogP contribution >= 0.6 is 0 Å². The predicted octanol–water partition coefficient (Wildman–Crippen LogP) is 2.99. The van der Waals surface area contributed by atoms with Crippen LogP contribution in [-0.2, 0) is 14.3 Å². The van der Waals surface area contributed by atoms with E-state index in [1.165, 1.54) is 0 Å². The van der Waals surface area contributed by atoms with Crippen LogP contribution in [0.3, 0.4) is 0 Å². The quantitative estimate of drug-likeness (QED) is 0.578. The lowest BCUT2D eigenvalue weighted by Gasteiger charge is -2.28. The van der Waals surface area contributed by atoms with Gasteiger partial charge < -0.3 is 25.2 Å². The van der Waals surface area contributed by atoms with E-state index in [9.17, 15) is 24.6 Å². The molecular weight excluding hydrogens is 436 g/mol. The molecular formula is C26H30N2O6. The monoisotopic (exact) mass is 466 g/mol. The summed E-state index contributed by atoms with van der Waals surface area (Å²) < 4.78 is 5.50. The maximum atomic E-state index is 13.1. The van der Waals surface area contributed by atoms with Crippen LogP contribution in [0.5, 0.6) is 0 Å². The molecule has 34 heavy (non-hydrogen) atoms. The van der Waals surface area contributed by atoms with Crippen LogP contribution in [0, 0.1) is 5.92 Å². The number of rotatable bonds is 7. The van der Waals surface area contributed by atoms with Gasteiger partial charge in [-0.2, -0.15) is 0 Å². The van der Waals surface area contributed by atoms with Crippen LogP contribution in [0.15, 0.2) is 48.5 Å². The molecule has 2 unspecified atom stereocenters. The van der Waals surface area contributed by atoms with E-state index in [2.05, 4.69) is 5.32 Å². The Morgan fingerprint density at radius 3 is 2.29 bits per heavy atom. The second-order valence-electron chi connectivity index (χ2n) is 8.95. The molecule has 1 aliphatic carbocycles. The van der Waals surface area contributed by atoms with Crippen LogP contribution in [0.4, 0.5) is 4.79 Å². The van der Waals surface area contributed by atoms with Gasteiger partial charge in [-0.15, -0.1) is 0 Å². The minimum Gasteiger partial charge on any atom is -0.481 e. The number of fused-ring (bicyclic) bond motifs is 3. The standard InChI is InChI=1S/C26H30N2O6/c29-15-17-7-5-6-12-28(14-17)25(32)23(13-24(30)31)27-26(33)34-16-22-20-10-3-1-8-18(20)19-9-2-4-11-21(19)22/h1-4,8-11,17,22-23,29H,5-7,12-16H2,(H,27,33)(H,30,31). The highest BCUT2D eigenvalue weighted by molar-refractivity contribution is 5.89. The summed E-state index contributed by atoms with van der Waals surface area (Å²) in [5.74, 6) is -1.84. The Kier molecular flexibility index (Phi) is 7.47. The van der Waals surface area contributed by atoms with Crippen molar-refractivity contribution < 1.29 is 29.3 Å². The molecule has 180 valence electrons. The van der Waals surface area contributed by atoms with Crippen molar-refractivity contribution in [3.05, 3.63) is 59.7 Å². The summed E-state index contributed by atoms with van der Waals surface area (Å²) in [6, 6.07) is 14.7. The lowest BCUT2D eigenvalue weighted by Crippen LogP contribution is -2.50. The summed E-state index contributed by atoms with van der Waals surface area (Å²) in [4.78, 5) is 38.7. The van der Waals surface area contributed by atoms with E-state index < -0.39 is 30.4 Å². The van der Waals surface area contributed by atoms with E-state index in [0.29, 0.717) is 13.1 Å². The number of hydrogen-bond acceptors (Lipinski definition) is 5. The second kappa shape index (κ2) is 10.7. The Morgan fingerprint density at radius 1 is 1.03 bits per heavy atom. The molecule has 2 atom stereocenters. The number of aliphatic carboxylic acids is 1. The molecule has 2 aromatic carbocycles. The zero-order valence-electron chi connectivity index (χ0n) is 19.0. The zero-order valence-corrected chi connectivity index (χ0v) is 19.0. The third-order valence-corrected chi connectivity index (χ3v) is 6.65. The normalized spacial score (nSPS) is 18.4. The molecule has 0 aromatic heterocycles. The molecule has 2 aromatic rings. The van der Waals surface area contributed by atoms with Gasteiger partial charge in [-0.3, -0.25) is 9.59 Å². The molecule has 4 rings (SSSR count). The van der Waals surface area contributed by atoms with Crippen molar-refractivity contribution in [1.82, 2.24) is 10.2 Å². The first-order valence-electron chi connectivity index (χ1n) is 11.7. The Balaban J connectivity index is 1.43. The van der Waals surface area contributed by atoms with Crippen molar-refractivity contribution in [3.63, 3.8) is 0 Å². The molecule has 0 spiro atoms. The lowest BCUT2D eigenvalue weighted by atomic mass is 9.98. The number of benzene rings is 2. The molecule has 3 N–H and O–H groups in total. The fourth-order valence-corrected chi connectivity index (χ4v) is 4.96. The van der Waals surface area contributed by atoms with Gasteiger partial charge in [-0.05, 0) is 41.0 Å². The largest absolute Gasteiger partial charge is 0.481 e. The number of carboxylic acids is 1. The molecule has 0 saturated carbocycles. The topological polar surface area (TPSA) is 116 Å². The molecule has 1 aliphatic heterocycles. The number of aliphatic hydroxyl groups excluding tert-OH is 1. The summed E-state index contributed by atoms with van der Waals surface area (Å²) in [5, 5.41) is 21.3. The number of carbonyl (C=O) groups is 3. The van der Waals surface area contributed by atoms with Crippen molar-refractivity contribution in [2.45, 2.75) is 37.6 Å². The zero-order chi connectivity index (χ0) is 24.1. The van der Waals surface area contributed by atoms with Gasteiger partial charge in [0.2, 0.25) is 5.91 Å². The first-order chi connectivity index (χ1) is 16.5. The molecule has 8 heteroatoms. The van der Waals surface area contributed by atoms with Gasteiger partial charge in [-0.1, -0.05) is 55.0 Å². The van der Waals surface area contributed by atoms with Crippen LogP contribution < -0.4 is 5.32 Å². The van der Waals surface area contributed by atoms with E-state index in [1.807, 2.05) is 48.5 Å². The Labute approximate surface area is 198 Å². The second-order valence-corrected chi connectivity index (χ2v) is 8.95. The lowest BCUT2D eigenvalue weighted by molar-refractivity contribution is -0.142. The minimum atomic E-state index is -1.23. The van der Waals surface area contributed by atoms with Crippen LogP contribution in [0.1, 0.15) is 42.7 Å². The van der Waals surface area contributed by atoms with Crippen molar-refractivity contribution in [1.29, 1.82) is 0 Å². The smallest absolute Gasteiger partial charge is 0.407 e. The highest BCUT2D eigenvalue weighted by Crippen LogP contribution is 2.44. The highest BCUT2D eigenvalue weighted by atomic mass is 16.5. The predicted molar refractivity (Wildman–Crippen MR) is 125 cm³/mol. The van der Waals surface area contributed by atoms with E-state index in [1.54, 1.807) is 4.90 Å². The Morgan fingerprint density at radius 2 is 1.68 bits per heavy atom. The van der Waals surface area contributed by atoms with E-state index in [0.717, 1.165) is 41.5 Å². The SMILES string of the molecule is O=C(O)CC(NC(=O)OCC1c2ccccc2-c2ccccc21)C(=O)N1CCCCC(CO)C1. The number of alkyl carbamates (subject to hydrolysis) is 1. The van der Waals surface area contributed by atoms with Crippen molar-refractivity contribution in [2.75, 3.05) is 26.3 Å². The molecule has 0 radical (unpaired) electrons. The maximum absolute atomic E-state index is 13.1. The minimum absolute atomic E-state index is 0.0345.